The first-order valence-electron chi connectivity index (χ1n) is 12.6. The Morgan fingerprint density at radius 1 is 1.09 bits per heavy atom. The van der Waals surface area contributed by atoms with Crippen LogP contribution in [0.25, 0.3) is 0 Å². The van der Waals surface area contributed by atoms with Gasteiger partial charge in [-0.1, -0.05) is 32.9 Å². The molecule has 2 saturated carbocycles. The van der Waals surface area contributed by atoms with E-state index in [0.717, 1.165) is 18.4 Å². The summed E-state index contributed by atoms with van der Waals surface area (Å²) in [6.07, 6.45) is -3.45. The van der Waals surface area contributed by atoms with Crippen LogP contribution in [0.5, 0.6) is 0 Å². The van der Waals surface area contributed by atoms with Gasteiger partial charge in [0.1, 0.15) is 24.4 Å². The van der Waals surface area contributed by atoms with Crippen molar-refractivity contribution >= 4 is 0 Å². The van der Waals surface area contributed by atoms with Gasteiger partial charge in [0.15, 0.2) is 6.29 Å². The number of allylic oxidation sites excluding steroid dienone is 2. The number of hydrogen-bond acceptors (Lipinski definition) is 9. The molecule has 9 nitrogen and oxygen atoms in total. The maximum Gasteiger partial charge on any atom is 0.186 e. The second kappa shape index (κ2) is 9.45. The first-order valence-corrected chi connectivity index (χ1v) is 12.6. The van der Waals surface area contributed by atoms with E-state index in [1.54, 1.807) is 0 Å². The van der Waals surface area contributed by atoms with Crippen molar-refractivity contribution in [1.29, 1.82) is 0 Å². The lowest BCUT2D eigenvalue weighted by molar-refractivity contribution is -0.316. The van der Waals surface area contributed by atoms with Gasteiger partial charge in [0.2, 0.25) is 0 Å². The molecule has 0 spiro atoms. The van der Waals surface area contributed by atoms with Crippen molar-refractivity contribution in [2.75, 3.05) is 13.2 Å². The second-order valence-corrected chi connectivity index (χ2v) is 12.0. The molecule has 1 heterocycles. The van der Waals surface area contributed by atoms with Crippen LogP contribution in [0.1, 0.15) is 46.5 Å². The Balaban J connectivity index is 1.62. The largest absolute Gasteiger partial charge is 0.394 e. The van der Waals surface area contributed by atoms with Crippen LogP contribution < -0.4 is 0 Å². The lowest BCUT2D eigenvalue weighted by atomic mass is 9.43. The first-order chi connectivity index (χ1) is 16.3. The Hall–Kier alpha value is -0.880. The van der Waals surface area contributed by atoms with Crippen molar-refractivity contribution in [2.24, 2.45) is 28.1 Å². The first kappa shape index (κ1) is 27.2. The highest BCUT2D eigenvalue weighted by Crippen LogP contribution is 2.64. The quantitative estimate of drug-likeness (QED) is 0.256. The van der Waals surface area contributed by atoms with Crippen LogP contribution in [-0.2, 0) is 9.47 Å². The minimum Gasteiger partial charge on any atom is -0.394 e. The van der Waals surface area contributed by atoms with Crippen molar-refractivity contribution in [1.82, 2.24) is 0 Å². The van der Waals surface area contributed by atoms with E-state index in [1.807, 2.05) is 13.0 Å². The van der Waals surface area contributed by atoms with Gasteiger partial charge in [-0.15, -0.1) is 6.58 Å². The maximum absolute atomic E-state index is 11.2. The van der Waals surface area contributed by atoms with E-state index in [9.17, 15) is 35.7 Å². The third-order valence-corrected chi connectivity index (χ3v) is 9.66. The Labute approximate surface area is 206 Å². The molecule has 4 aliphatic rings. The zero-order valence-corrected chi connectivity index (χ0v) is 20.8. The van der Waals surface area contributed by atoms with Crippen molar-refractivity contribution in [3.05, 3.63) is 24.3 Å². The summed E-state index contributed by atoms with van der Waals surface area (Å²) >= 11 is 0. The third-order valence-electron chi connectivity index (χ3n) is 9.66. The molecule has 0 amide bonds. The van der Waals surface area contributed by atoms with Crippen molar-refractivity contribution in [3.8, 4) is 0 Å². The molecule has 0 bridgehead atoms. The highest BCUT2D eigenvalue weighted by atomic mass is 16.7. The third kappa shape index (κ3) is 4.32. The van der Waals surface area contributed by atoms with Crippen molar-refractivity contribution in [3.63, 3.8) is 0 Å². The number of aliphatic hydroxyl groups is 7. The number of fused-ring (bicyclic) bond motifs is 3. The minimum atomic E-state index is -1.57. The van der Waals surface area contributed by atoms with Crippen LogP contribution in [0.15, 0.2) is 24.3 Å². The van der Waals surface area contributed by atoms with Gasteiger partial charge < -0.3 is 45.2 Å². The SMILES string of the molecule is C=CC1(C)C=C2C(O)CC3C(C)(CC(O)C(O)C3(C)COC3OC(CO)C(O)C(O)C3O)C2CC1. The fraction of sp³-hybridized carbons (Fsp3) is 0.846. The summed E-state index contributed by atoms with van der Waals surface area (Å²) < 4.78 is 11.4. The Bertz CT molecular complexity index is 832. The van der Waals surface area contributed by atoms with E-state index in [2.05, 4.69) is 26.5 Å². The molecule has 13 unspecified atom stereocenters. The summed E-state index contributed by atoms with van der Waals surface area (Å²) in [6, 6.07) is 0. The molecule has 35 heavy (non-hydrogen) atoms. The fourth-order valence-corrected chi connectivity index (χ4v) is 7.41. The predicted octanol–water partition coefficient (Wildman–Crippen LogP) is -0.149. The Morgan fingerprint density at radius 3 is 2.40 bits per heavy atom. The average molecular weight is 499 g/mol. The zero-order valence-electron chi connectivity index (χ0n) is 20.8. The molecular formula is C26H42O9. The van der Waals surface area contributed by atoms with Gasteiger partial charge in [0.05, 0.1) is 31.5 Å². The molecule has 9 heteroatoms. The van der Waals surface area contributed by atoms with E-state index in [1.165, 1.54) is 0 Å². The van der Waals surface area contributed by atoms with E-state index >= 15 is 0 Å². The molecule has 7 N–H and O–H groups in total. The zero-order chi connectivity index (χ0) is 25.9. The van der Waals surface area contributed by atoms with Gasteiger partial charge in [-0.25, -0.2) is 0 Å². The number of hydrogen-bond donors (Lipinski definition) is 7. The summed E-state index contributed by atoms with van der Waals surface area (Å²) in [5.74, 6) is -0.193. The highest BCUT2D eigenvalue weighted by Gasteiger charge is 2.63. The van der Waals surface area contributed by atoms with E-state index in [4.69, 9.17) is 9.47 Å². The molecule has 3 fully saturated rings. The van der Waals surface area contributed by atoms with Crippen molar-refractivity contribution in [2.45, 2.75) is 95.5 Å². The van der Waals surface area contributed by atoms with Crippen LogP contribution in [0.4, 0.5) is 0 Å². The van der Waals surface area contributed by atoms with Crippen molar-refractivity contribution < 1.29 is 45.2 Å². The molecular weight excluding hydrogens is 456 g/mol. The summed E-state index contributed by atoms with van der Waals surface area (Å²) in [4.78, 5) is 0. The molecule has 200 valence electrons. The molecule has 0 aromatic heterocycles. The van der Waals surface area contributed by atoms with Crippen LogP contribution >= 0.6 is 0 Å². The van der Waals surface area contributed by atoms with Crippen LogP contribution in [0, 0.1) is 28.1 Å². The Kier molecular flexibility index (Phi) is 7.34. The van der Waals surface area contributed by atoms with Gasteiger partial charge in [-0.2, -0.15) is 0 Å². The second-order valence-electron chi connectivity index (χ2n) is 12.0. The molecule has 4 rings (SSSR count). The molecule has 0 aromatic rings. The van der Waals surface area contributed by atoms with Crippen LogP contribution in [0.2, 0.25) is 0 Å². The van der Waals surface area contributed by atoms with Gasteiger partial charge in [0, 0.05) is 10.8 Å². The van der Waals surface area contributed by atoms with E-state index in [0.29, 0.717) is 12.8 Å². The van der Waals surface area contributed by atoms with Gasteiger partial charge in [-0.3, -0.25) is 0 Å². The lowest BCUT2D eigenvalue weighted by Crippen LogP contribution is -2.65. The van der Waals surface area contributed by atoms with Crippen LogP contribution in [-0.4, -0.2) is 98.0 Å². The summed E-state index contributed by atoms with van der Waals surface area (Å²) in [5, 5.41) is 73.4. The normalized spacial score (nSPS) is 54.4. The number of ether oxygens (including phenoxy) is 2. The average Bonchev–Trinajstić information content (AvgIpc) is 2.83. The smallest absolute Gasteiger partial charge is 0.186 e. The molecule has 13 atom stereocenters. The topological polar surface area (TPSA) is 160 Å². The van der Waals surface area contributed by atoms with Crippen LogP contribution in [0.3, 0.4) is 0 Å². The summed E-state index contributed by atoms with van der Waals surface area (Å²) in [7, 11) is 0. The summed E-state index contributed by atoms with van der Waals surface area (Å²) in [5.41, 5.74) is -0.646. The summed E-state index contributed by atoms with van der Waals surface area (Å²) in [6.45, 7) is 9.28. The van der Waals surface area contributed by atoms with Gasteiger partial charge in [-0.05, 0) is 48.5 Å². The van der Waals surface area contributed by atoms with Gasteiger partial charge in [0.25, 0.3) is 0 Å². The van der Waals surface area contributed by atoms with E-state index in [-0.39, 0.29) is 23.9 Å². The monoisotopic (exact) mass is 498 g/mol. The molecule has 1 saturated heterocycles. The number of aliphatic hydroxyl groups excluding tert-OH is 7. The standard InChI is InChI=1S/C26H42O9/c1-5-24(2)7-6-14-13(9-24)15(28)8-18-25(14,3)10-16(29)22(33)26(18,4)12-34-23-21(32)20(31)19(30)17(11-27)35-23/h5,9,14-23,27-33H,1,6-8,10-12H2,2-4H3. The Morgan fingerprint density at radius 2 is 1.77 bits per heavy atom. The predicted molar refractivity (Wildman–Crippen MR) is 126 cm³/mol. The number of rotatable bonds is 5. The molecule has 0 aromatic carbocycles. The fourth-order valence-electron chi connectivity index (χ4n) is 7.41. The minimum absolute atomic E-state index is 0.0259. The highest BCUT2D eigenvalue weighted by molar-refractivity contribution is 5.30. The molecule has 3 aliphatic carbocycles. The van der Waals surface area contributed by atoms with Gasteiger partial charge >= 0.3 is 0 Å². The molecule has 1 aliphatic heterocycles. The lowest BCUT2D eigenvalue weighted by Gasteiger charge is -2.63. The molecule has 0 radical (unpaired) electrons. The maximum atomic E-state index is 11.2. The van der Waals surface area contributed by atoms with E-state index < -0.39 is 66.5 Å².